The van der Waals surface area contributed by atoms with Crippen LogP contribution in [-0.2, 0) is 9.53 Å². The third kappa shape index (κ3) is 3.74. The lowest BCUT2D eigenvalue weighted by Gasteiger charge is -2.32. The van der Waals surface area contributed by atoms with Crippen LogP contribution in [-0.4, -0.2) is 35.9 Å². The molecule has 1 saturated heterocycles. The van der Waals surface area contributed by atoms with Crippen molar-refractivity contribution in [1.29, 1.82) is 0 Å². The van der Waals surface area contributed by atoms with E-state index in [0.717, 1.165) is 12.8 Å². The second-order valence-electron chi connectivity index (χ2n) is 3.77. The van der Waals surface area contributed by atoms with Gasteiger partial charge in [-0.2, -0.15) is 0 Å². The van der Waals surface area contributed by atoms with E-state index in [1.54, 1.807) is 0 Å². The number of carboxylic acids is 1. The van der Waals surface area contributed by atoms with E-state index in [0.29, 0.717) is 12.1 Å². The topological polar surface area (TPSA) is 58.6 Å². The highest BCUT2D eigenvalue weighted by molar-refractivity contribution is 5.68. The maximum Gasteiger partial charge on any atom is 0.329 e. The molecule has 0 aromatic rings. The van der Waals surface area contributed by atoms with E-state index in [2.05, 4.69) is 19.2 Å². The van der Waals surface area contributed by atoms with Crippen LogP contribution in [0.5, 0.6) is 0 Å². The number of hydrogen-bond acceptors (Lipinski definition) is 3. The first-order valence-corrected chi connectivity index (χ1v) is 4.67. The Bertz CT molecular complexity index is 174. The smallest absolute Gasteiger partial charge is 0.329 e. The van der Waals surface area contributed by atoms with Gasteiger partial charge in [0.05, 0.1) is 6.10 Å². The number of nitrogens with one attached hydrogen (secondary N) is 1. The zero-order chi connectivity index (χ0) is 9.84. The van der Waals surface area contributed by atoms with Crippen molar-refractivity contribution in [3.05, 3.63) is 0 Å². The SMILES string of the molecule is CC1CC(OCC(=O)O)CC(C)N1. The third-order valence-electron chi connectivity index (χ3n) is 2.24. The highest BCUT2D eigenvalue weighted by Gasteiger charge is 2.23. The standard InChI is InChI=1S/C9H17NO3/c1-6-3-8(4-7(2)10-6)13-5-9(11)12/h6-8,10H,3-5H2,1-2H3,(H,11,12). The van der Waals surface area contributed by atoms with E-state index in [1.165, 1.54) is 0 Å². The summed E-state index contributed by atoms with van der Waals surface area (Å²) in [6.45, 7) is 4.00. The Balaban J connectivity index is 2.28. The molecular weight excluding hydrogens is 170 g/mol. The Labute approximate surface area is 78.3 Å². The van der Waals surface area contributed by atoms with Crippen molar-refractivity contribution in [3.63, 3.8) is 0 Å². The fraction of sp³-hybridized carbons (Fsp3) is 0.889. The van der Waals surface area contributed by atoms with Gasteiger partial charge in [0.15, 0.2) is 0 Å². The highest BCUT2D eigenvalue weighted by atomic mass is 16.5. The molecule has 1 aliphatic heterocycles. The van der Waals surface area contributed by atoms with Gasteiger partial charge in [-0.1, -0.05) is 0 Å². The zero-order valence-electron chi connectivity index (χ0n) is 8.12. The molecule has 1 rings (SSSR count). The van der Waals surface area contributed by atoms with Crippen molar-refractivity contribution in [2.75, 3.05) is 6.61 Å². The van der Waals surface area contributed by atoms with Crippen LogP contribution < -0.4 is 5.32 Å². The largest absolute Gasteiger partial charge is 0.480 e. The van der Waals surface area contributed by atoms with Crippen LogP contribution in [0.15, 0.2) is 0 Å². The average Bonchev–Trinajstić information content (AvgIpc) is 1.99. The van der Waals surface area contributed by atoms with Gasteiger partial charge < -0.3 is 15.2 Å². The second-order valence-corrected chi connectivity index (χ2v) is 3.77. The molecule has 0 radical (unpaired) electrons. The van der Waals surface area contributed by atoms with E-state index in [4.69, 9.17) is 9.84 Å². The molecule has 76 valence electrons. The van der Waals surface area contributed by atoms with Crippen LogP contribution in [0.1, 0.15) is 26.7 Å². The predicted octanol–water partition coefficient (Wildman–Crippen LogP) is 0.617. The van der Waals surface area contributed by atoms with Crippen molar-refractivity contribution in [2.24, 2.45) is 0 Å². The van der Waals surface area contributed by atoms with Gasteiger partial charge in [0, 0.05) is 12.1 Å². The molecule has 0 aromatic heterocycles. The van der Waals surface area contributed by atoms with E-state index >= 15 is 0 Å². The summed E-state index contributed by atoms with van der Waals surface area (Å²) < 4.78 is 5.25. The summed E-state index contributed by atoms with van der Waals surface area (Å²) in [7, 11) is 0. The van der Waals surface area contributed by atoms with Gasteiger partial charge in [0.1, 0.15) is 6.61 Å². The number of ether oxygens (including phenoxy) is 1. The lowest BCUT2D eigenvalue weighted by atomic mass is 9.98. The summed E-state index contributed by atoms with van der Waals surface area (Å²) in [5.41, 5.74) is 0. The number of rotatable bonds is 3. The lowest BCUT2D eigenvalue weighted by Crippen LogP contribution is -2.45. The quantitative estimate of drug-likeness (QED) is 0.680. The molecule has 0 aromatic carbocycles. The molecular formula is C9H17NO3. The van der Waals surface area contributed by atoms with Crippen LogP contribution in [0.25, 0.3) is 0 Å². The maximum absolute atomic E-state index is 10.3. The first-order valence-electron chi connectivity index (χ1n) is 4.67. The Morgan fingerprint density at radius 3 is 2.46 bits per heavy atom. The Kier molecular flexibility index (Phi) is 3.69. The Morgan fingerprint density at radius 2 is 2.00 bits per heavy atom. The van der Waals surface area contributed by atoms with Gasteiger partial charge in [0.2, 0.25) is 0 Å². The van der Waals surface area contributed by atoms with E-state index in [9.17, 15) is 4.79 Å². The van der Waals surface area contributed by atoms with Crippen molar-refractivity contribution in [2.45, 2.75) is 44.9 Å². The third-order valence-corrected chi connectivity index (χ3v) is 2.24. The Hall–Kier alpha value is -0.610. The predicted molar refractivity (Wildman–Crippen MR) is 48.7 cm³/mol. The number of carboxylic acid groups (broad SMARTS) is 1. The molecule has 1 heterocycles. The molecule has 13 heavy (non-hydrogen) atoms. The molecule has 0 spiro atoms. The molecule has 0 amide bonds. The van der Waals surface area contributed by atoms with Crippen LogP contribution in [0.2, 0.25) is 0 Å². The van der Waals surface area contributed by atoms with Gasteiger partial charge in [-0.15, -0.1) is 0 Å². The summed E-state index contributed by atoms with van der Waals surface area (Å²) in [6.07, 6.45) is 1.90. The fourth-order valence-corrected chi connectivity index (χ4v) is 1.83. The van der Waals surface area contributed by atoms with Gasteiger partial charge in [-0.05, 0) is 26.7 Å². The van der Waals surface area contributed by atoms with Gasteiger partial charge in [-0.3, -0.25) is 0 Å². The molecule has 4 heteroatoms. The summed E-state index contributed by atoms with van der Waals surface area (Å²) >= 11 is 0. The lowest BCUT2D eigenvalue weighted by molar-refractivity contribution is -0.145. The normalized spacial score (nSPS) is 34.5. The first kappa shape index (κ1) is 10.5. The monoisotopic (exact) mass is 187 g/mol. The van der Waals surface area contributed by atoms with Crippen LogP contribution >= 0.6 is 0 Å². The molecule has 0 bridgehead atoms. The summed E-state index contributed by atoms with van der Waals surface area (Å²) in [5, 5.41) is 11.8. The molecule has 1 aliphatic rings. The van der Waals surface area contributed by atoms with Gasteiger partial charge in [0.25, 0.3) is 0 Å². The molecule has 2 N–H and O–H groups in total. The number of piperidine rings is 1. The minimum Gasteiger partial charge on any atom is -0.480 e. The van der Waals surface area contributed by atoms with Crippen molar-refractivity contribution in [3.8, 4) is 0 Å². The first-order chi connectivity index (χ1) is 6.08. The number of carbonyl (C=O) groups is 1. The van der Waals surface area contributed by atoms with Crippen LogP contribution in [0.4, 0.5) is 0 Å². The zero-order valence-corrected chi connectivity index (χ0v) is 8.12. The fourth-order valence-electron chi connectivity index (χ4n) is 1.83. The highest BCUT2D eigenvalue weighted by Crippen LogP contribution is 2.16. The second kappa shape index (κ2) is 4.58. The summed E-state index contributed by atoms with van der Waals surface area (Å²) in [5.74, 6) is -0.890. The number of hydrogen-bond donors (Lipinski definition) is 2. The van der Waals surface area contributed by atoms with Gasteiger partial charge in [-0.25, -0.2) is 4.79 Å². The minimum atomic E-state index is -0.890. The van der Waals surface area contributed by atoms with Crippen molar-refractivity contribution >= 4 is 5.97 Å². The van der Waals surface area contributed by atoms with Crippen molar-refractivity contribution < 1.29 is 14.6 Å². The Morgan fingerprint density at radius 1 is 1.46 bits per heavy atom. The molecule has 1 fully saturated rings. The number of aliphatic carboxylic acids is 1. The minimum absolute atomic E-state index is 0.0994. The van der Waals surface area contributed by atoms with Crippen LogP contribution in [0, 0.1) is 0 Å². The maximum atomic E-state index is 10.3. The molecule has 4 nitrogen and oxygen atoms in total. The van der Waals surface area contributed by atoms with E-state index in [-0.39, 0.29) is 12.7 Å². The van der Waals surface area contributed by atoms with Gasteiger partial charge >= 0.3 is 5.97 Å². The van der Waals surface area contributed by atoms with E-state index < -0.39 is 5.97 Å². The summed E-state index contributed by atoms with van der Waals surface area (Å²) in [4.78, 5) is 10.3. The van der Waals surface area contributed by atoms with Crippen molar-refractivity contribution in [1.82, 2.24) is 5.32 Å². The molecule has 2 atom stereocenters. The molecule has 2 unspecified atom stereocenters. The van der Waals surface area contributed by atoms with E-state index in [1.807, 2.05) is 0 Å². The summed E-state index contributed by atoms with van der Waals surface area (Å²) in [6, 6.07) is 0.838. The average molecular weight is 187 g/mol. The molecule has 0 saturated carbocycles. The molecule has 0 aliphatic carbocycles. The van der Waals surface area contributed by atoms with Crippen LogP contribution in [0.3, 0.4) is 0 Å².